The lowest BCUT2D eigenvalue weighted by molar-refractivity contribution is -0.138. The van der Waals surface area contributed by atoms with Gasteiger partial charge in [-0.25, -0.2) is 4.79 Å². The van der Waals surface area contributed by atoms with E-state index in [9.17, 15) is 19.2 Å². The molecule has 2 saturated heterocycles. The van der Waals surface area contributed by atoms with E-state index < -0.39 is 6.03 Å². The van der Waals surface area contributed by atoms with Gasteiger partial charge in [-0.05, 0) is 24.8 Å². The summed E-state index contributed by atoms with van der Waals surface area (Å²) in [7, 11) is 0. The van der Waals surface area contributed by atoms with E-state index >= 15 is 0 Å². The Hall–Kier alpha value is -2.64. The highest BCUT2D eigenvalue weighted by molar-refractivity contribution is 6.04. The fraction of sp³-hybridized carbons (Fsp3) is 0.579. The van der Waals surface area contributed by atoms with Crippen LogP contribution in [-0.2, 0) is 9.59 Å². The van der Waals surface area contributed by atoms with Gasteiger partial charge < -0.3 is 14.8 Å². The fourth-order valence-corrected chi connectivity index (χ4v) is 4.76. The third-order valence-electron chi connectivity index (χ3n) is 5.97. The molecule has 3 atom stereocenters. The van der Waals surface area contributed by atoms with Crippen LogP contribution in [0.25, 0.3) is 0 Å². The lowest BCUT2D eigenvalue weighted by Gasteiger charge is -2.47. The number of likely N-dealkylation sites (tertiary alicyclic amines) is 1. The second-order valence-electron chi connectivity index (χ2n) is 7.64. The molecule has 0 radical (unpaired) electrons. The number of amides is 4. The van der Waals surface area contributed by atoms with E-state index in [0.29, 0.717) is 13.1 Å². The molecule has 3 aliphatic heterocycles. The van der Waals surface area contributed by atoms with Crippen molar-refractivity contribution in [3.05, 3.63) is 34.2 Å². The smallest absolute Gasteiger partial charge is 0.325 e. The Kier molecular flexibility index (Phi) is 4.49. The van der Waals surface area contributed by atoms with Crippen LogP contribution in [-0.4, -0.2) is 58.4 Å². The molecule has 27 heavy (non-hydrogen) atoms. The summed E-state index contributed by atoms with van der Waals surface area (Å²) in [5, 5.41) is 2.44. The zero-order valence-electron chi connectivity index (χ0n) is 15.4. The third kappa shape index (κ3) is 3.02. The highest BCUT2D eigenvalue weighted by atomic mass is 16.2. The van der Waals surface area contributed by atoms with Gasteiger partial charge in [0.05, 0.1) is 6.54 Å². The summed E-state index contributed by atoms with van der Waals surface area (Å²) in [6.07, 6.45) is 2.81. The van der Waals surface area contributed by atoms with Gasteiger partial charge in [-0.1, -0.05) is 19.4 Å². The average Bonchev–Trinajstić information content (AvgIpc) is 2.97. The number of hydrogen-bond acceptors (Lipinski definition) is 4. The number of piperidine rings is 1. The Morgan fingerprint density at radius 3 is 2.74 bits per heavy atom. The number of nitrogens with one attached hydrogen (secondary N) is 1. The molecule has 0 aromatic carbocycles. The number of rotatable bonds is 4. The SMILES string of the molecule is CCC[C@H]1[C@H]2C[C@H](CN(C(=O)CN3C(=O)CNC3=O)C2)c2cccc(=O)n21. The first-order valence-electron chi connectivity index (χ1n) is 9.57. The number of hydrogen-bond donors (Lipinski definition) is 1. The highest BCUT2D eigenvalue weighted by Gasteiger charge is 2.42. The molecule has 4 amide bonds. The molecule has 2 bridgehead atoms. The topological polar surface area (TPSA) is 91.7 Å². The second kappa shape index (κ2) is 6.83. The maximum absolute atomic E-state index is 12.8. The van der Waals surface area contributed by atoms with E-state index in [1.807, 2.05) is 10.6 Å². The zero-order valence-corrected chi connectivity index (χ0v) is 15.4. The molecule has 0 aliphatic carbocycles. The lowest BCUT2D eigenvalue weighted by atomic mass is 9.77. The molecule has 3 aliphatic rings. The maximum Gasteiger partial charge on any atom is 0.325 e. The van der Waals surface area contributed by atoms with E-state index in [1.54, 1.807) is 17.0 Å². The van der Waals surface area contributed by atoms with Crippen LogP contribution >= 0.6 is 0 Å². The minimum Gasteiger partial charge on any atom is -0.340 e. The van der Waals surface area contributed by atoms with Crippen molar-refractivity contribution in [2.75, 3.05) is 26.2 Å². The highest BCUT2D eigenvalue weighted by Crippen LogP contribution is 2.42. The van der Waals surface area contributed by atoms with Crippen LogP contribution in [0.15, 0.2) is 23.0 Å². The van der Waals surface area contributed by atoms with Gasteiger partial charge in [0.1, 0.15) is 6.54 Å². The van der Waals surface area contributed by atoms with Crippen molar-refractivity contribution >= 4 is 17.8 Å². The first kappa shape index (κ1) is 17.8. The van der Waals surface area contributed by atoms with E-state index in [4.69, 9.17) is 0 Å². The minimum atomic E-state index is -0.508. The van der Waals surface area contributed by atoms with Gasteiger partial charge in [-0.2, -0.15) is 0 Å². The Bertz CT molecular complexity index is 832. The molecule has 4 heterocycles. The largest absolute Gasteiger partial charge is 0.340 e. The van der Waals surface area contributed by atoms with Gasteiger partial charge >= 0.3 is 6.03 Å². The molecule has 2 fully saturated rings. The first-order valence-corrected chi connectivity index (χ1v) is 9.57. The average molecular weight is 372 g/mol. The quantitative estimate of drug-likeness (QED) is 0.787. The number of nitrogens with zero attached hydrogens (tertiary/aromatic N) is 3. The molecule has 0 saturated carbocycles. The second-order valence-corrected chi connectivity index (χ2v) is 7.64. The molecule has 0 unspecified atom stereocenters. The van der Waals surface area contributed by atoms with Crippen LogP contribution in [0, 0.1) is 5.92 Å². The Morgan fingerprint density at radius 1 is 1.22 bits per heavy atom. The van der Waals surface area contributed by atoms with Crippen molar-refractivity contribution < 1.29 is 14.4 Å². The molecule has 1 aromatic rings. The van der Waals surface area contributed by atoms with Crippen molar-refractivity contribution in [1.82, 2.24) is 19.7 Å². The maximum atomic E-state index is 12.8. The monoisotopic (exact) mass is 372 g/mol. The van der Waals surface area contributed by atoms with Crippen molar-refractivity contribution in [3.63, 3.8) is 0 Å². The molecule has 1 aromatic heterocycles. The standard InChI is InChI=1S/C19H24N4O4/c1-2-4-14-12-7-13(15-5-3-6-16(24)23(14)15)10-21(9-12)18(26)11-22-17(25)8-20-19(22)27/h3,5-6,12-14H,2,4,7-11H2,1H3,(H,20,27)/t12-,13+,14-/m0/s1. The number of carbonyl (C=O) groups is 3. The Balaban J connectivity index is 1.58. The number of aromatic nitrogens is 1. The molecule has 0 spiro atoms. The summed E-state index contributed by atoms with van der Waals surface area (Å²) in [4.78, 5) is 51.5. The predicted molar refractivity (Wildman–Crippen MR) is 97.2 cm³/mol. The van der Waals surface area contributed by atoms with Crippen LogP contribution in [0.2, 0.25) is 0 Å². The third-order valence-corrected chi connectivity index (χ3v) is 5.97. The summed E-state index contributed by atoms with van der Waals surface area (Å²) in [5.74, 6) is -0.260. The van der Waals surface area contributed by atoms with Gasteiger partial charge in [0.25, 0.3) is 11.5 Å². The van der Waals surface area contributed by atoms with Gasteiger partial charge in [-0.3, -0.25) is 19.3 Å². The number of urea groups is 1. The Morgan fingerprint density at radius 2 is 2.04 bits per heavy atom. The molecule has 4 rings (SSSR count). The van der Waals surface area contributed by atoms with Gasteiger partial charge in [0.15, 0.2) is 0 Å². The number of pyridine rings is 1. The fourth-order valence-electron chi connectivity index (χ4n) is 4.76. The summed E-state index contributed by atoms with van der Waals surface area (Å²) in [5.41, 5.74) is 1.02. The van der Waals surface area contributed by atoms with Crippen LogP contribution in [0.1, 0.15) is 43.8 Å². The molecular weight excluding hydrogens is 348 g/mol. The van der Waals surface area contributed by atoms with Crippen molar-refractivity contribution in [1.29, 1.82) is 0 Å². The predicted octanol–water partition coefficient (Wildman–Crippen LogP) is 0.687. The van der Waals surface area contributed by atoms with Crippen molar-refractivity contribution in [3.8, 4) is 0 Å². The van der Waals surface area contributed by atoms with E-state index in [-0.39, 0.29) is 48.3 Å². The summed E-state index contributed by atoms with van der Waals surface area (Å²) in [6, 6.07) is 4.95. The van der Waals surface area contributed by atoms with E-state index in [0.717, 1.165) is 29.9 Å². The minimum absolute atomic E-state index is 0.0276. The lowest BCUT2D eigenvalue weighted by Crippen LogP contribution is -2.53. The first-order chi connectivity index (χ1) is 13.0. The van der Waals surface area contributed by atoms with Gasteiger partial charge in [0.2, 0.25) is 5.91 Å². The summed E-state index contributed by atoms with van der Waals surface area (Å²) in [6.45, 7) is 2.91. The molecule has 1 N–H and O–H groups in total. The van der Waals surface area contributed by atoms with Crippen molar-refractivity contribution in [2.24, 2.45) is 5.92 Å². The van der Waals surface area contributed by atoms with E-state index in [1.165, 1.54) is 0 Å². The number of carbonyl (C=O) groups excluding carboxylic acids is 3. The summed E-state index contributed by atoms with van der Waals surface area (Å²) >= 11 is 0. The number of fused-ring (bicyclic) bond motifs is 4. The molecule has 8 nitrogen and oxygen atoms in total. The molecule has 144 valence electrons. The van der Waals surface area contributed by atoms with Gasteiger partial charge in [-0.15, -0.1) is 0 Å². The van der Waals surface area contributed by atoms with E-state index in [2.05, 4.69) is 12.2 Å². The van der Waals surface area contributed by atoms with Crippen molar-refractivity contribution in [2.45, 2.75) is 38.1 Å². The zero-order chi connectivity index (χ0) is 19.1. The van der Waals surface area contributed by atoms with Crippen LogP contribution in [0.5, 0.6) is 0 Å². The van der Waals surface area contributed by atoms with Crippen LogP contribution in [0.4, 0.5) is 4.79 Å². The normalized spacial score (nSPS) is 26.8. The Labute approximate surface area is 157 Å². The van der Waals surface area contributed by atoms with Crippen LogP contribution in [0.3, 0.4) is 0 Å². The summed E-state index contributed by atoms with van der Waals surface area (Å²) < 4.78 is 1.93. The molecule has 8 heteroatoms. The molecular formula is C19H24N4O4. The van der Waals surface area contributed by atoms with Gasteiger partial charge in [0, 0.05) is 36.8 Å². The van der Waals surface area contributed by atoms with Crippen LogP contribution < -0.4 is 10.9 Å². The number of imide groups is 1.